The van der Waals surface area contributed by atoms with Crippen LogP contribution in [-0.2, 0) is 0 Å². The van der Waals surface area contributed by atoms with Crippen LogP contribution >= 0.6 is 27.3 Å². The minimum Gasteiger partial charge on any atom is -0.345 e. The molecular weight excluding hydrogens is 410 g/mol. The van der Waals surface area contributed by atoms with Gasteiger partial charge in [0, 0.05) is 36.2 Å². The average Bonchev–Trinajstić information content (AvgIpc) is 3.09. The van der Waals surface area contributed by atoms with Gasteiger partial charge < -0.3 is 9.80 Å². The molecule has 0 radical (unpaired) electrons. The normalized spacial score (nSPS) is 14.9. The number of carbonyl (C=O) groups excluding carboxylic acids is 1. The highest BCUT2D eigenvalue weighted by molar-refractivity contribution is 9.10. The van der Waals surface area contributed by atoms with Gasteiger partial charge in [0.05, 0.1) is 10.2 Å². The molecule has 0 spiro atoms. The van der Waals surface area contributed by atoms with E-state index >= 15 is 0 Å². The van der Waals surface area contributed by atoms with Crippen LogP contribution in [0.4, 0.5) is 5.13 Å². The van der Waals surface area contributed by atoms with E-state index in [0.29, 0.717) is 0 Å². The Morgan fingerprint density at radius 3 is 2.62 bits per heavy atom. The van der Waals surface area contributed by atoms with Crippen molar-refractivity contribution in [3.8, 4) is 0 Å². The highest BCUT2D eigenvalue weighted by atomic mass is 79.9. The monoisotopic (exact) mass is 429 g/mol. The number of rotatable bonds is 2. The van der Waals surface area contributed by atoms with Crippen LogP contribution in [0.25, 0.3) is 10.2 Å². The van der Waals surface area contributed by atoms with Crippen LogP contribution in [-0.4, -0.2) is 42.0 Å². The number of carbonyl (C=O) groups is 1. The van der Waals surface area contributed by atoms with Gasteiger partial charge in [-0.2, -0.15) is 0 Å². The number of piperazine rings is 1. The average molecular weight is 430 g/mol. The maximum absolute atomic E-state index is 12.7. The summed E-state index contributed by atoms with van der Waals surface area (Å²) in [5.41, 5.74) is 4.38. The van der Waals surface area contributed by atoms with Crippen LogP contribution < -0.4 is 4.90 Å². The van der Waals surface area contributed by atoms with Gasteiger partial charge in [-0.25, -0.2) is 4.98 Å². The first kappa shape index (κ1) is 17.5. The molecule has 0 unspecified atom stereocenters. The van der Waals surface area contributed by atoms with Gasteiger partial charge in [0.1, 0.15) is 0 Å². The Balaban J connectivity index is 1.48. The Hall–Kier alpha value is -1.92. The zero-order valence-corrected chi connectivity index (χ0v) is 17.2. The van der Waals surface area contributed by atoms with Crippen LogP contribution in [0.15, 0.2) is 40.9 Å². The first-order valence-corrected chi connectivity index (χ1v) is 10.3. The SMILES string of the molecule is Cc1ccc2sc(N3CCN(C(=O)c4cccc(Br)c4)CC3)nc2c1C. The van der Waals surface area contributed by atoms with Crippen molar-refractivity contribution in [3.63, 3.8) is 0 Å². The molecule has 1 aliphatic heterocycles. The molecule has 1 aliphatic rings. The van der Waals surface area contributed by atoms with E-state index in [1.807, 2.05) is 29.2 Å². The summed E-state index contributed by atoms with van der Waals surface area (Å²) in [6.45, 7) is 7.34. The number of fused-ring (bicyclic) bond motifs is 1. The minimum absolute atomic E-state index is 0.0988. The quantitative estimate of drug-likeness (QED) is 0.595. The fraction of sp³-hybridized carbons (Fsp3) is 0.300. The first-order valence-electron chi connectivity index (χ1n) is 8.69. The second kappa shape index (κ2) is 7.00. The molecule has 0 aliphatic carbocycles. The third-order valence-electron chi connectivity index (χ3n) is 4.98. The van der Waals surface area contributed by atoms with E-state index in [2.05, 4.69) is 46.8 Å². The van der Waals surface area contributed by atoms with E-state index in [-0.39, 0.29) is 5.91 Å². The molecule has 6 heteroatoms. The van der Waals surface area contributed by atoms with Crippen LogP contribution in [0, 0.1) is 13.8 Å². The maximum Gasteiger partial charge on any atom is 0.254 e. The summed E-state index contributed by atoms with van der Waals surface area (Å²) >= 11 is 5.18. The zero-order valence-electron chi connectivity index (χ0n) is 14.8. The van der Waals surface area contributed by atoms with Crippen molar-refractivity contribution in [1.29, 1.82) is 0 Å². The highest BCUT2D eigenvalue weighted by Gasteiger charge is 2.24. The topological polar surface area (TPSA) is 36.4 Å². The Labute approximate surface area is 165 Å². The van der Waals surface area contributed by atoms with Crippen molar-refractivity contribution in [3.05, 3.63) is 57.6 Å². The summed E-state index contributed by atoms with van der Waals surface area (Å²) in [5.74, 6) is 0.0988. The number of anilines is 1. The molecule has 4 rings (SSSR count). The Morgan fingerprint density at radius 1 is 1.12 bits per heavy atom. The van der Waals surface area contributed by atoms with Crippen molar-refractivity contribution < 1.29 is 4.79 Å². The van der Waals surface area contributed by atoms with Gasteiger partial charge in [-0.1, -0.05) is 39.4 Å². The summed E-state index contributed by atoms with van der Waals surface area (Å²) in [4.78, 5) is 21.8. The largest absolute Gasteiger partial charge is 0.345 e. The molecule has 0 atom stereocenters. The number of hydrogen-bond donors (Lipinski definition) is 0. The molecule has 2 heterocycles. The summed E-state index contributed by atoms with van der Waals surface area (Å²) in [5, 5.41) is 1.06. The van der Waals surface area contributed by atoms with E-state index < -0.39 is 0 Å². The molecule has 1 fully saturated rings. The first-order chi connectivity index (χ1) is 12.5. The van der Waals surface area contributed by atoms with Crippen molar-refractivity contribution in [2.24, 2.45) is 0 Å². The molecular formula is C20H20BrN3OS. The predicted octanol–water partition coefficient (Wildman–Crippen LogP) is 4.64. The van der Waals surface area contributed by atoms with Crippen molar-refractivity contribution >= 4 is 48.5 Å². The standard InChI is InChI=1S/C20H20BrN3OS/c1-13-6-7-17-18(14(13)2)22-20(26-17)24-10-8-23(9-11-24)19(25)15-4-3-5-16(21)12-15/h3-7,12H,8-11H2,1-2H3. The van der Waals surface area contributed by atoms with Gasteiger partial charge >= 0.3 is 0 Å². The Bertz CT molecular complexity index is 976. The van der Waals surface area contributed by atoms with E-state index in [4.69, 9.17) is 4.98 Å². The lowest BCUT2D eigenvalue weighted by molar-refractivity contribution is 0.0746. The van der Waals surface area contributed by atoms with Crippen LogP contribution in [0.5, 0.6) is 0 Å². The van der Waals surface area contributed by atoms with Crippen molar-refractivity contribution in [2.45, 2.75) is 13.8 Å². The molecule has 0 N–H and O–H groups in total. The molecule has 4 nitrogen and oxygen atoms in total. The number of hydrogen-bond acceptors (Lipinski definition) is 4. The van der Waals surface area contributed by atoms with Crippen molar-refractivity contribution in [1.82, 2.24) is 9.88 Å². The molecule has 1 saturated heterocycles. The smallest absolute Gasteiger partial charge is 0.254 e. The van der Waals surface area contributed by atoms with Gasteiger partial charge in [-0.3, -0.25) is 4.79 Å². The fourth-order valence-electron chi connectivity index (χ4n) is 3.25. The lowest BCUT2D eigenvalue weighted by Gasteiger charge is -2.34. The number of thiazole rings is 1. The number of halogens is 1. The molecule has 134 valence electrons. The van der Waals surface area contributed by atoms with Gasteiger partial charge in [-0.15, -0.1) is 0 Å². The number of benzene rings is 2. The van der Waals surface area contributed by atoms with Crippen LogP contribution in [0.1, 0.15) is 21.5 Å². The van der Waals surface area contributed by atoms with E-state index in [1.54, 1.807) is 11.3 Å². The molecule has 3 aromatic rings. The summed E-state index contributed by atoms with van der Waals surface area (Å²) in [6.07, 6.45) is 0. The Morgan fingerprint density at radius 2 is 1.88 bits per heavy atom. The van der Waals surface area contributed by atoms with Gasteiger partial charge in [0.25, 0.3) is 5.91 Å². The second-order valence-corrected chi connectivity index (χ2v) is 8.57. The van der Waals surface area contributed by atoms with Crippen molar-refractivity contribution in [2.75, 3.05) is 31.1 Å². The van der Waals surface area contributed by atoms with Gasteiger partial charge in [0.15, 0.2) is 5.13 Å². The van der Waals surface area contributed by atoms with E-state index in [9.17, 15) is 4.79 Å². The third-order valence-corrected chi connectivity index (χ3v) is 6.56. The molecule has 26 heavy (non-hydrogen) atoms. The Kier molecular flexibility index (Phi) is 4.71. The number of nitrogens with zero attached hydrogens (tertiary/aromatic N) is 3. The van der Waals surface area contributed by atoms with E-state index in [1.165, 1.54) is 15.8 Å². The summed E-state index contributed by atoms with van der Waals surface area (Å²) in [6, 6.07) is 11.9. The number of aromatic nitrogens is 1. The minimum atomic E-state index is 0.0988. The molecule has 2 aromatic carbocycles. The molecule has 1 aromatic heterocycles. The maximum atomic E-state index is 12.7. The third kappa shape index (κ3) is 3.23. The van der Waals surface area contributed by atoms with Gasteiger partial charge in [-0.05, 0) is 49.2 Å². The van der Waals surface area contributed by atoms with Crippen LogP contribution in [0.3, 0.4) is 0 Å². The summed E-state index contributed by atoms with van der Waals surface area (Å²) < 4.78 is 2.16. The van der Waals surface area contributed by atoms with Crippen LogP contribution in [0.2, 0.25) is 0 Å². The lowest BCUT2D eigenvalue weighted by atomic mass is 10.1. The van der Waals surface area contributed by atoms with E-state index in [0.717, 1.165) is 46.9 Å². The fourth-order valence-corrected chi connectivity index (χ4v) is 4.73. The molecule has 0 saturated carbocycles. The molecule has 0 bridgehead atoms. The highest BCUT2D eigenvalue weighted by Crippen LogP contribution is 2.32. The molecule has 1 amide bonds. The number of amides is 1. The summed E-state index contributed by atoms with van der Waals surface area (Å²) in [7, 11) is 0. The van der Waals surface area contributed by atoms with Gasteiger partial charge in [0.2, 0.25) is 0 Å². The second-order valence-electron chi connectivity index (χ2n) is 6.64. The zero-order chi connectivity index (χ0) is 18.3. The number of aryl methyl sites for hydroxylation is 2. The predicted molar refractivity (Wildman–Crippen MR) is 111 cm³/mol. The lowest BCUT2D eigenvalue weighted by Crippen LogP contribution is -2.48.